The van der Waals surface area contributed by atoms with Crippen molar-refractivity contribution in [2.24, 2.45) is 11.8 Å². The minimum Gasteiger partial charge on any atom is -0.461 e. The molecule has 2 saturated carbocycles. The quantitative estimate of drug-likeness (QED) is 0.865. The number of rotatable bonds is 4. The summed E-state index contributed by atoms with van der Waals surface area (Å²) in [5.41, 5.74) is 0.320. The first kappa shape index (κ1) is 13.5. The molecule has 2 aliphatic rings. The molecule has 0 aliphatic heterocycles. The third-order valence-electron chi connectivity index (χ3n) is 4.24. The second kappa shape index (κ2) is 5.52. The number of ether oxygens (including phenoxy) is 1. The summed E-state index contributed by atoms with van der Waals surface area (Å²) in [6.07, 6.45) is 4.86. The van der Waals surface area contributed by atoms with Gasteiger partial charge in [0.1, 0.15) is 5.69 Å². The van der Waals surface area contributed by atoms with E-state index in [1.54, 1.807) is 12.3 Å². The molecule has 0 saturated heterocycles. The molecule has 108 valence electrons. The first-order valence-corrected chi connectivity index (χ1v) is 7.99. The largest absolute Gasteiger partial charge is 0.461 e. The highest BCUT2D eigenvalue weighted by atomic mass is 32.1. The van der Waals surface area contributed by atoms with E-state index >= 15 is 0 Å². The Morgan fingerprint density at radius 2 is 2.30 bits per heavy atom. The van der Waals surface area contributed by atoms with Crippen LogP contribution in [0.2, 0.25) is 0 Å². The Kier molecular flexibility index (Phi) is 3.74. The number of thiazole rings is 1. The lowest BCUT2D eigenvalue weighted by Crippen LogP contribution is -2.38. The molecule has 1 amide bonds. The third-order valence-corrected chi connectivity index (χ3v) is 5.06. The van der Waals surface area contributed by atoms with Gasteiger partial charge in [-0.2, -0.15) is 0 Å². The van der Waals surface area contributed by atoms with Crippen LogP contribution in [0.3, 0.4) is 0 Å². The number of hydrogen-bond donors (Lipinski definition) is 1. The summed E-state index contributed by atoms with van der Waals surface area (Å²) >= 11 is 1.15. The first-order chi connectivity index (χ1) is 9.67. The minimum absolute atomic E-state index is 0.172. The molecule has 1 heterocycles. The zero-order valence-corrected chi connectivity index (χ0v) is 12.2. The molecule has 2 aliphatic carbocycles. The highest BCUT2D eigenvalue weighted by Crippen LogP contribution is 2.44. The van der Waals surface area contributed by atoms with Crippen molar-refractivity contribution >= 4 is 23.2 Å². The summed E-state index contributed by atoms with van der Waals surface area (Å²) in [6.45, 7) is 2.05. The van der Waals surface area contributed by atoms with Crippen molar-refractivity contribution in [1.82, 2.24) is 10.3 Å². The summed E-state index contributed by atoms with van der Waals surface area (Å²) in [7, 11) is 0. The molecule has 3 rings (SSSR count). The number of amides is 1. The van der Waals surface area contributed by atoms with E-state index in [0.717, 1.165) is 23.7 Å². The molecule has 6 heteroatoms. The normalized spacial score (nSPS) is 27.6. The second-order valence-corrected chi connectivity index (χ2v) is 6.37. The van der Waals surface area contributed by atoms with Gasteiger partial charge in [-0.3, -0.25) is 4.79 Å². The van der Waals surface area contributed by atoms with E-state index in [4.69, 9.17) is 4.74 Å². The molecule has 20 heavy (non-hydrogen) atoms. The van der Waals surface area contributed by atoms with E-state index < -0.39 is 5.97 Å². The van der Waals surface area contributed by atoms with Gasteiger partial charge in [0.15, 0.2) is 0 Å². The van der Waals surface area contributed by atoms with Gasteiger partial charge in [0.05, 0.1) is 6.61 Å². The summed E-state index contributed by atoms with van der Waals surface area (Å²) in [4.78, 5) is 27.7. The molecule has 0 radical (unpaired) electrons. The zero-order chi connectivity index (χ0) is 14.1. The maximum atomic E-state index is 12.2. The number of carbonyl (C=O) groups is 2. The van der Waals surface area contributed by atoms with Crippen LogP contribution in [0, 0.1) is 11.8 Å². The molecule has 3 atom stereocenters. The van der Waals surface area contributed by atoms with Crippen LogP contribution < -0.4 is 5.32 Å². The molecule has 3 unspecified atom stereocenters. The number of fused-ring (bicyclic) bond motifs is 2. The van der Waals surface area contributed by atoms with Crippen LogP contribution >= 0.6 is 11.3 Å². The molecular formula is C14H18N2O3S. The van der Waals surface area contributed by atoms with Crippen molar-refractivity contribution in [3.05, 3.63) is 16.1 Å². The number of esters is 1. The lowest BCUT2D eigenvalue weighted by molar-refractivity contribution is 0.0526. The van der Waals surface area contributed by atoms with E-state index in [-0.39, 0.29) is 17.0 Å². The van der Waals surface area contributed by atoms with Crippen LogP contribution in [0.1, 0.15) is 52.9 Å². The smallest absolute Gasteiger partial charge is 0.367 e. The Labute approximate surface area is 121 Å². The monoisotopic (exact) mass is 294 g/mol. The van der Waals surface area contributed by atoms with Gasteiger partial charge in [-0.25, -0.2) is 9.78 Å². The predicted octanol–water partition coefficient (Wildman–Crippen LogP) is 2.24. The van der Waals surface area contributed by atoms with E-state index in [0.29, 0.717) is 18.2 Å². The molecule has 1 N–H and O–H groups in total. The lowest BCUT2D eigenvalue weighted by atomic mass is 9.95. The topological polar surface area (TPSA) is 68.3 Å². The molecular weight excluding hydrogens is 276 g/mol. The predicted molar refractivity (Wildman–Crippen MR) is 74.8 cm³/mol. The van der Waals surface area contributed by atoms with Crippen molar-refractivity contribution in [3.63, 3.8) is 0 Å². The Morgan fingerprint density at radius 3 is 2.95 bits per heavy atom. The van der Waals surface area contributed by atoms with Crippen LogP contribution in [0.15, 0.2) is 5.38 Å². The average molecular weight is 294 g/mol. The Hall–Kier alpha value is -1.43. The highest BCUT2D eigenvalue weighted by Gasteiger charge is 2.40. The van der Waals surface area contributed by atoms with E-state index in [2.05, 4.69) is 10.3 Å². The maximum absolute atomic E-state index is 12.2. The van der Waals surface area contributed by atoms with Gasteiger partial charge in [0.25, 0.3) is 5.91 Å². The third kappa shape index (κ3) is 2.57. The van der Waals surface area contributed by atoms with Crippen LogP contribution in [0.5, 0.6) is 0 Å². The van der Waals surface area contributed by atoms with Crippen molar-refractivity contribution in [3.8, 4) is 0 Å². The van der Waals surface area contributed by atoms with Gasteiger partial charge in [0, 0.05) is 11.4 Å². The van der Waals surface area contributed by atoms with Gasteiger partial charge in [-0.05, 0) is 38.0 Å². The minimum atomic E-state index is -0.462. The Balaban J connectivity index is 1.61. The summed E-state index contributed by atoms with van der Waals surface area (Å²) in [6, 6.07) is 0.286. The molecule has 5 nitrogen and oxygen atoms in total. The van der Waals surface area contributed by atoms with Crippen LogP contribution in [0.4, 0.5) is 0 Å². The van der Waals surface area contributed by atoms with E-state index in [1.165, 1.54) is 19.3 Å². The number of aromatic nitrogens is 1. The zero-order valence-electron chi connectivity index (χ0n) is 11.4. The maximum Gasteiger partial charge on any atom is 0.367 e. The average Bonchev–Trinajstić information content (AvgIpc) is 3.15. The SMILES string of the molecule is CCOC(=O)c1nc(C(=O)NC2CC3CCC2C3)cs1. The first-order valence-electron chi connectivity index (χ1n) is 7.11. The van der Waals surface area contributed by atoms with Gasteiger partial charge in [0.2, 0.25) is 5.01 Å². The van der Waals surface area contributed by atoms with Gasteiger partial charge in [-0.15, -0.1) is 11.3 Å². The van der Waals surface area contributed by atoms with Crippen LogP contribution in [0.25, 0.3) is 0 Å². The van der Waals surface area contributed by atoms with E-state index in [9.17, 15) is 9.59 Å². The lowest BCUT2D eigenvalue weighted by Gasteiger charge is -2.22. The van der Waals surface area contributed by atoms with Crippen molar-refractivity contribution in [2.75, 3.05) is 6.61 Å². The molecule has 2 bridgehead atoms. The summed E-state index contributed by atoms with van der Waals surface area (Å²) < 4.78 is 4.87. The number of nitrogens with one attached hydrogen (secondary N) is 1. The number of hydrogen-bond acceptors (Lipinski definition) is 5. The van der Waals surface area contributed by atoms with Gasteiger partial charge in [-0.1, -0.05) is 6.42 Å². The standard InChI is InChI=1S/C14H18N2O3S/c1-2-19-14(18)13-16-11(7-20-13)12(17)15-10-6-8-3-4-9(10)5-8/h7-10H,2-6H2,1H3,(H,15,17). The fourth-order valence-corrected chi connectivity index (χ4v) is 4.02. The molecule has 0 spiro atoms. The summed E-state index contributed by atoms with van der Waals surface area (Å²) in [5, 5.41) is 4.92. The number of nitrogens with zero attached hydrogens (tertiary/aromatic N) is 1. The van der Waals surface area contributed by atoms with Crippen molar-refractivity contribution in [2.45, 2.75) is 38.6 Å². The molecule has 1 aromatic rings. The Morgan fingerprint density at radius 1 is 1.45 bits per heavy atom. The summed E-state index contributed by atoms with van der Waals surface area (Å²) in [5.74, 6) is 0.786. The molecule has 1 aromatic heterocycles. The Bertz CT molecular complexity index is 528. The second-order valence-electron chi connectivity index (χ2n) is 5.51. The van der Waals surface area contributed by atoms with Gasteiger partial charge < -0.3 is 10.1 Å². The fraction of sp³-hybridized carbons (Fsp3) is 0.643. The van der Waals surface area contributed by atoms with E-state index in [1.807, 2.05) is 0 Å². The fourth-order valence-electron chi connectivity index (χ4n) is 3.33. The highest BCUT2D eigenvalue weighted by molar-refractivity contribution is 7.11. The number of carbonyl (C=O) groups excluding carboxylic acids is 2. The van der Waals surface area contributed by atoms with Gasteiger partial charge >= 0.3 is 5.97 Å². The van der Waals surface area contributed by atoms with Crippen molar-refractivity contribution in [1.29, 1.82) is 0 Å². The molecule has 2 fully saturated rings. The van der Waals surface area contributed by atoms with Crippen molar-refractivity contribution < 1.29 is 14.3 Å². The molecule has 0 aromatic carbocycles. The van der Waals surface area contributed by atoms with Crippen LogP contribution in [-0.4, -0.2) is 29.5 Å². The van der Waals surface area contributed by atoms with Crippen LogP contribution in [-0.2, 0) is 4.74 Å².